The van der Waals surface area contributed by atoms with Crippen LogP contribution in [0.3, 0.4) is 0 Å². The molecular weight excluding hydrogens is 246 g/mol. The van der Waals surface area contributed by atoms with E-state index in [1.807, 2.05) is 29.7 Å². The van der Waals surface area contributed by atoms with Gasteiger partial charge >= 0.3 is 0 Å². The summed E-state index contributed by atoms with van der Waals surface area (Å²) in [4.78, 5) is 18.4. The molecule has 1 aliphatic heterocycles. The topological polar surface area (TPSA) is 45.2 Å². The predicted octanol–water partition coefficient (Wildman–Crippen LogP) is 2.09. The third-order valence-electron chi connectivity index (χ3n) is 2.87. The average Bonchev–Trinajstić information content (AvgIpc) is 2.68. The van der Waals surface area contributed by atoms with Crippen molar-refractivity contribution in [3.05, 3.63) is 24.0 Å². The molecule has 2 rings (SSSR count). The van der Waals surface area contributed by atoms with Gasteiger partial charge in [-0.25, -0.2) is 4.98 Å². The Morgan fingerprint density at radius 1 is 1.44 bits per heavy atom. The monoisotopic (exact) mass is 265 g/mol. The minimum atomic E-state index is 0.0561. The lowest BCUT2D eigenvalue weighted by atomic mass is 10.3. The van der Waals surface area contributed by atoms with Gasteiger partial charge < -0.3 is 10.2 Å². The van der Waals surface area contributed by atoms with Gasteiger partial charge in [0.15, 0.2) is 0 Å². The first kappa shape index (κ1) is 13.2. The average molecular weight is 265 g/mol. The summed E-state index contributed by atoms with van der Waals surface area (Å²) in [5.41, 5.74) is 1.50. The lowest BCUT2D eigenvalue weighted by Gasteiger charge is -2.19. The SMILES string of the molecule is CCNc1ccc(C(=O)N2CCCSCC2)nc1. The van der Waals surface area contributed by atoms with Crippen LogP contribution in [0.15, 0.2) is 18.3 Å². The van der Waals surface area contributed by atoms with E-state index >= 15 is 0 Å². The maximum atomic E-state index is 12.3. The molecule has 0 radical (unpaired) electrons. The van der Waals surface area contributed by atoms with Crippen molar-refractivity contribution in [1.82, 2.24) is 9.88 Å². The summed E-state index contributed by atoms with van der Waals surface area (Å²) in [6.45, 7) is 4.58. The molecule has 1 N–H and O–H groups in total. The summed E-state index contributed by atoms with van der Waals surface area (Å²) < 4.78 is 0. The quantitative estimate of drug-likeness (QED) is 0.909. The summed E-state index contributed by atoms with van der Waals surface area (Å²) in [5.74, 6) is 2.23. The minimum Gasteiger partial charge on any atom is -0.384 e. The van der Waals surface area contributed by atoms with Crippen molar-refractivity contribution in [2.45, 2.75) is 13.3 Å². The molecule has 2 heterocycles. The number of hydrogen-bond acceptors (Lipinski definition) is 4. The van der Waals surface area contributed by atoms with Crippen molar-refractivity contribution >= 4 is 23.4 Å². The molecule has 1 saturated heterocycles. The van der Waals surface area contributed by atoms with Gasteiger partial charge in [0.1, 0.15) is 5.69 Å². The molecule has 18 heavy (non-hydrogen) atoms. The zero-order valence-electron chi connectivity index (χ0n) is 10.7. The molecule has 1 fully saturated rings. The van der Waals surface area contributed by atoms with Crippen LogP contribution in [0.25, 0.3) is 0 Å². The molecule has 5 heteroatoms. The van der Waals surface area contributed by atoms with Crippen molar-refractivity contribution in [3.63, 3.8) is 0 Å². The van der Waals surface area contributed by atoms with Crippen LogP contribution in [-0.2, 0) is 0 Å². The van der Waals surface area contributed by atoms with Crippen molar-refractivity contribution in [2.75, 3.05) is 36.5 Å². The molecule has 0 atom stereocenters. The highest BCUT2D eigenvalue weighted by Crippen LogP contribution is 2.13. The van der Waals surface area contributed by atoms with E-state index in [0.717, 1.165) is 43.2 Å². The molecule has 0 aliphatic carbocycles. The highest BCUT2D eigenvalue weighted by atomic mass is 32.2. The number of carbonyl (C=O) groups is 1. The number of pyridine rings is 1. The van der Waals surface area contributed by atoms with Gasteiger partial charge in [0.05, 0.1) is 11.9 Å². The molecule has 0 spiro atoms. The Balaban J connectivity index is 2.02. The highest BCUT2D eigenvalue weighted by Gasteiger charge is 2.18. The predicted molar refractivity (Wildman–Crippen MR) is 76.2 cm³/mol. The van der Waals surface area contributed by atoms with E-state index in [2.05, 4.69) is 10.3 Å². The number of hydrogen-bond donors (Lipinski definition) is 1. The highest BCUT2D eigenvalue weighted by molar-refractivity contribution is 7.99. The number of amides is 1. The van der Waals surface area contributed by atoms with Crippen molar-refractivity contribution in [1.29, 1.82) is 0 Å². The third kappa shape index (κ3) is 3.38. The number of nitrogens with one attached hydrogen (secondary N) is 1. The van der Waals surface area contributed by atoms with Crippen LogP contribution in [0.5, 0.6) is 0 Å². The second kappa shape index (κ2) is 6.64. The van der Waals surface area contributed by atoms with Gasteiger partial charge in [-0.05, 0) is 31.2 Å². The van der Waals surface area contributed by atoms with E-state index in [-0.39, 0.29) is 5.91 Å². The summed E-state index contributed by atoms with van der Waals surface area (Å²) in [7, 11) is 0. The Morgan fingerprint density at radius 3 is 3.06 bits per heavy atom. The first-order chi connectivity index (χ1) is 8.81. The van der Waals surface area contributed by atoms with Crippen LogP contribution in [-0.4, -0.2) is 46.9 Å². The number of rotatable bonds is 3. The lowest BCUT2D eigenvalue weighted by molar-refractivity contribution is 0.0762. The first-order valence-corrected chi connectivity index (χ1v) is 7.53. The molecule has 4 nitrogen and oxygen atoms in total. The zero-order valence-corrected chi connectivity index (χ0v) is 11.5. The zero-order chi connectivity index (χ0) is 12.8. The van der Waals surface area contributed by atoms with Crippen LogP contribution in [0, 0.1) is 0 Å². The first-order valence-electron chi connectivity index (χ1n) is 6.38. The summed E-state index contributed by atoms with van der Waals surface area (Å²) in [6.07, 6.45) is 2.80. The standard InChI is InChI=1S/C13H19N3OS/c1-2-14-11-4-5-12(15-10-11)13(17)16-6-3-8-18-9-7-16/h4-5,10,14H,2-3,6-9H2,1H3. The summed E-state index contributed by atoms with van der Waals surface area (Å²) in [6, 6.07) is 3.72. The molecule has 1 aliphatic rings. The van der Waals surface area contributed by atoms with E-state index < -0.39 is 0 Å². The van der Waals surface area contributed by atoms with Gasteiger partial charge in [0.2, 0.25) is 0 Å². The minimum absolute atomic E-state index is 0.0561. The molecule has 1 aromatic rings. The van der Waals surface area contributed by atoms with Crippen molar-refractivity contribution < 1.29 is 4.79 Å². The van der Waals surface area contributed by atoms with Crippen LogP contribution in [0.1, 0.15) is 23.8 Å². The Kier molecular flexibility index (Phi) is 4.87. The molecule has 1 aromatic heterocycles. The van der Waals surface area contributed by atoms with E-state index in [1.54, 1.807) is 12.3 Å². The molecule has 0 bridgehead atoms. The molecule has 0 aromatic carbocycles. The van der Waals surface area contributed by atoms with Gasteiger partial charge in [-0.1, -0.05) is 0 Å². The molecule has 0 saturated carbocycles. The number of anilines is 1. The van der Waals surface area contributed by atoms with Gasteiger partial charge in [0, 0.05) is 25.4 Å². The molecule has 98 valence electrons. The number of carbonyl (C=O) groups excluding carboxylic acids is 1. The van der Waals surface area contributed by atoms with Gasteiger partial charge in [-0.3, -0.25) is 4.79 Å². The van der Waals surface area contributed by atoms with Gasteiger partial charge in [-0.2, -0.15) is 11.8 Å². The van der Waals surface area contributed by atoms with E-state index in [0.29, 0.717) is 5.69 Å². The van der Waals surface area contributed by atoms with Crippen LogP contribution in [0.2, 0.25) is 0 Å². The van der Waals surface area contributed by atoms with Crippen LogP contribution >= 0.6 is 11.8 Å². The molecule has 0 unspecified atom stereocenters. The van der Waals surface area contributed by atoms with Crippen molar-refractivity contribution in [2.24, 2.45) is 0 Å². The van der Waals surface area contributed by atoms with E-state index in [4.69, 9.17) is 0 Å². The van der Waals surface area contributed by atoms with E-state index in [1.165, 1.54) is 0 Å². The molecule has 1 amide bonds. The maximum absolute atomic E-state index is 12.3. The number of aromatic nitrogens is 1. The second-order valence-electron chi connectivity index (χ2n) is 4.22. The fourth-order valence-electron chi connectivity index (χ4n) is 1.94. The maximum Gasteiger partial charge on any atom is 0.272 e. The summed E-state index contributed by atoms with van der Waals surface area (Å²) >= 11 is 1.92. The Morgan fingerprint density at radius 2 is 2.33 bits per heavy atom. The van der Waals surface area contributed by atoms with Crippen LogP contribution < -0.4 is 5.32 Å². The van der Waals surface area contributed by atoms with Crippen LogP contribution in [0.4, 0.5) is 5.69 Å². The lowest BCUT2D eigenvalue weighted by Crippen LogP contribution is -2.33. The van der Waals surface area contributed by atoms with E-state index in [9.17, 15) is 4.79 Å². The second-order valence-corrected chi connectivity index (χ2v) is 5.45. The number of thioether (sulfide) groups is 1. The number of nitrogens with zero attached hydrogens (tertiary/aromatic N) is 2. The fourth-order valence-corrected chi connectivity index (χ4v) is 2.83. The summed E-state index contributed by atoms with van der Waals surface area (Å²) in [5, 5.41) is 3.17. The van der Waals surface area contributed by atoms with Gasteiger partial charge in [0.25, 0.3) is 5.91 Å². The Labute approximate surface area is 112 Å². The Bertz CT molecular complexity index is 386. The molecular formula is C13H19N3OS. The van der Waals surface area contributed by atoms with Crippen molar-refractivity contribution in [3.8, 4) is 0 Å². The fraction of sp³-hybridized carbons (Fsp3) is 0.538. The largest absolute Gasteiger partial charge is 0.384 e. The third-order valence-corrected chi connectivity index (χ3v) is 3.92. The normalized spacial score (nSPS) is 16.2. The van der Waals surface area contributed by atoms with Gasteiger partial charge in [-0.15, -0.1) is 0 Å². The smallest absolute Gasteiger partial charge is 0.272 e. The Hall–Kier alpha value is -1.23.